The van der Waals surface area contributed by atoms with E-state index in [-0.39, 0.29) is 5.41 Å². The van der Waals surface area contributed by atoms with Crippen molar-refractivity contribution in [3.8, 4) is 39.3 Å². The molecule has 0 fully saturated rings. The Morgan fingerprint density at radius 2 is 1.02 bits per heavy atom. The first kappa shape index (κ1) is 30.4. The highest BCUT2D eigenvalue weighted by Crippen LogP contribution is 2.51. The molecule has 0 saturated heterocycles. The minimum atomic E-state index is -0.163. The van der Waals surface area contributed by atoms with Crippen LogP contribution in [0.25, 0.3) is 99.5 Å². The summed E-state index contributed by atoms with van der Waals surface area (Å²) >= 11 is 0. The summed E-state index contributed by atoms with van der Waals surface area (Å²) in [4.78, 5) is 10.5. The van der Waals surface area contributed by atoms with E-state index in [2.05, 4.69) is 193 Å². The molecule has 0 aliphatic heterocycles. The molecule has 0 bridgehead atoms. The first-order valence-corrected chi connectivity index (χ1v) is 19.0. The Morgan fingerprint density at radius 3 is 1.85 bits per heavy atom. The molecule has 4 nitrogen and oxygen atoms in total. The van der Waals surface area contributed by atoms with Crippen molar-refractivity contribution in [3.05, 3.63) is 181 Å². The summed E-state index contributed by atoms with van der Waals surface area (Å²) in [6, 6.07) is 61.7. The van der Waals surface area contributed by atoms with Gasteiger partial charge in [-0.15, -0.1) is 0 Å². The molecule has 0 radical (unpaired) electrons. The molecule has 0 N–H and O–H groups in total. The lowest BCUT2D eigenvalue weighted by Gasteiger charge is -2.23. The van der Waals surface area contributed by atoms with Crippen molar-refractivity contribution in [2.24, 2.45) is 0 Å². The zero-order valence-electron chi connectivity index (χ0n) is 30.5. The van der Waals surface area contributed by atoms with Crippen molar-refractivity contribution >= 4 is 60.2 Å². The highest BCUT2D eigenvalue weighted by atomic mass is 15.2. The molecule has 11 aromatic rings. The number of fused-ring (bicyclic) bond motifs is 12. The number of hydrogen-bond acceptors (Lipinski definition) is 2. The molecular weight excluding hydrogens is 669 g/mol. The lowest BCUT2D eigenvalue weighted by atomic mass is 9.80. The summed E-state index contributed by atoms with van der Waals surface area (Å²) in [5, 5.41) is 5.98. The summed E-state index contributed by atoms with van der Waals surface area (Å²) in [7, 11) is 0. The molecule has 258 valence electrons. The van der Waals surface area contributed by atoms with Gasteiger partial charge < -0.3 is 0 Å². The largest absolute Gasteiger partial charge is 0.279 e. The van der Waals surface area contributed by atoms with Gasteiger partial charge in [0.25, 0.3) is 0 Å². The fourth-order valence-corrected chi connectivity index (χ4v) is 9.40. The molecule has 0 unspecified atom stereocenters. The van der Waals surface area contributed by atoms with Crippen molar-refractivity contribution in [3.63, 3.8) is 0 Å². The van der Waals surface area contributed by atoms with E-state index >= 15 is 0 Å². The van der Waals surface area contributed by atoms with Gasteiger partial charge in [0.1, 0.15) is 5.65 Å². The summed E-state index contributed by atoms with van der Waals surface area (Å²) in [5.74, 6) is 0.832. The van der Waals surface area contributed by atoms with Gasteiger partial charge in [-0.1, -0.05) is 135 Å². The number of hydrogen-bond donors (Lipinski definition) is 0. The third kappa shape index (κ3) is 4.22. The van der Waals surface area contributed by atoms with E-state index in [0.29, 0.717) is 0 Å². The Hall–Kier alpha value is -7.04. The molecular formula is C51H34N4. The van der Waals surface area contributed by atoms with Crippen molar-refractivity contribution in [1.82, 2.24) is 18.9 Å². The molecule has 0 spiro atoms. The van der Waals surface area contributed by atoms with Crippen LogP contribution in [0.15, 0.2) is 170 Å². The Balaban J connectivity index is 1.04. The fourth-order valence-electron chi connectivity index (χ4n) is 9.40. The molecule has 4 heteroatoms. The summed E-state index contributed by atoms with van der Waals surface area (Å²) < 4.78 is 4.57. The summed E-state index contributed by atoms with van der Waals surface area (Å²) in [5.41, 5.74) is 16.2. The molecule has 0 amide bonds. The minimum absolute atomic E-state index is 0.163. The zero-order chi connectivity index (χ0) is 36.4. The smallest absolute Gasteiger partial charge is 0.221 e. The predicted octanol–water partition coefficient (Wildman–Crippen LogP) is 12.9. The maximum absolute atomic E-state index is 5.39. The normalized spacial score (nSPS) is 13.4. The highest BCUT2D eigenvalue weighted by molar-refractivity contribution is 6.10. The van der Waals surface area contributed by atoms with Gasteiger partial charge in [-0.2, -0.15) is 0 Å². The molecule has 8 aromatic carbocycles. The van der Waals surface area contributed by atoms with Gasteiger partial charge in [0.05, 0.1) is 27.6 Å². The number of imidazole rings is 1. The van der Waals surface area contributed by atoms with E-state index in [4.69, 9.17) is 9.97 Å². The molecule has 1 aliphatic rings. The second-order valence-electron chi connectivity index (χ2n) is 15.4. The maximum Gasteiger partial charge on any atom is 0.221 e. The topological polar surface area (TPSA) is 35.1 Å². The molecule has 12 rings (SSSR count). The second-order valence-corrected chi connectivity index (χ2v) is 15.4. The van der Waals surface area contributed by atoms with Crippen molar-refractivity contribution in [2.45, 2.75) is 19.3 Å². The van der Waals surface area contributed by atoms with Crippen molar-refractivity contribution in [2.75, 3.05) is 0 Å². The third-order valence-electron chi connectivity index (χ3n) is 12.1. The Kier molecular flexibility index (Phi) is 6.09. The molecule has 55 heavy (non-hydrogen) atoms. The SMILES string of the molecule is CC1(C)c2cc(-c3ccc4c5ccccc5n(-c5nc6ccccc6c6nc7ccccc7n56)c4c3)ccc2-c2ccc(-c3cccc4ccccc34)cc21. The Bertz CT molecular complexity index is 3410. The van der Waals surface area contributed by atoms with Gasteiger partial charge in [0, 0.05) is 21.6 Å². The van der Waals surface area contributed by atoms with Crippen LogP contribution in [0.5, 0.6) is 0 Å². The number of aromatic nitrogens is 4. The van der Waals surface area contributed by atoms with Gasteiger partial charge in [0.15, 0.2) is 0 Å². The average molecular weight is 703 g/mol. The van der Waals surface area contributed by atoms with Crippen LogP contribution in [0.3, 0.4) is 0 Å². The number of nitrogens with zero attached hydrogens (tertiary/aromatic N) is 4. The second kappa shape index (κ2) is 11.0. The quantitative estimate of drug-likeness (QED) is 0.184. The van der Waals surface area contributed by atoms with E-state index < -0.39 is 0 Å². The van der Waals surface area contributed by atoms with Crippen LogP contribution in [0.1, 0.15) is 25.0 Å². The van der Waals surface area contributed by atoms with E-state index in [0.717, 1.165) is 44.6 Å². The maximum atomic E-state index is 5.39. The highest BCUT2D eigenvalue weighted by Gasteiger charge is 2.36. The molecule has 1 aliphatic carbocycles. The summed E-state index contributed by atoms with van der Waals surface area (Å²) in [6.45, 7) is 4.75. The predicted molar refractivity (Wildman–Crippen MR) is 228 cm³/mol. The van der Waals surface area contributed by atoms with Crippen LogP contribution < -0.4 is 0 Å². The fraction of sp³-hybridized carbons (Fsp3) is 0.0588. The first-order chi connectivity index (χ1) is 27.0. The number of para-hydroxylation sites is 4. The van der Waals surface area contributed by atoms with Crippen LogP contribution in [-0.2, 0) is 5.41 Å². The lowest BCUT2D eigenvalue weighted by molar-refractivity contribution is 0.661. The van der Waals surface area contributed by atoms with Gasteiger partial charge in [-0.25, -0.2) is 9.97 Å². The van der Waals surface area contributed by atoms with E-state index in [1.54, 1.807) is 0 Å². The van der Waals surface area contributed by atoms with Crippen LogP contribution in [0, 0.1) is 0 Å². The molecule has 3 heterocycles. The first-order valence-electron chi connectivity index (χ1n) is 19.0. The van der Waals surface area contributed by atoms with Crippen LogP contribution in [0.2, 0.25) is 0 Å². The van der Waals surface area contributed by atoms with Gasteiger partial charge >= 0.3 is 0 Å². The van der Waals surface area contributed by atoms with Crippen LogP contribution in [0.4, 0.5) is 0 Å². The molecule has 0 saturated carbocycles. The van der Waals surface area contributed by atoms with Crippen molar-refractivity contribution < 1.29 is 0 Å². The van der Waals surface area contributed by atoms with Crippen molar-refractivity contribution in [1.29, 1.82) is 0 Å². The van der Waals surface area contributed by atoms with Gasteiger partial charge in [0.2, 0.25) is 5.95 Å². The van der Waals surface area contributed by atoms with Crippen LogP contribution >= 0.6 is 0 Å². The monoisotopic (exact) mass is 702 g/mol. The van der Waals surface area contributed by atoms with Crippen LogP contribution in [-0.4, -0.2) is 18.9 Å². The van der Waals surface area contributed by atoms with E-state index in [1.165, 1.54) is 66.1 Å². The lowest BCUT2D eigenvalue weighted by Crippen LogP contribution is -2.15. The number of rotatable bonds is 3. The Morgan fingerprint density at radius 1 is 0.418 bits per heavy atom. The van der Waals surface area contributed by atoms with E-state index in [9.17, 15) is 0 Å². The number of benzene rings is 8. The van der Waals surface area contributed by atoms with Gasteiger partial charge in [-0.05, 0) is 104 Å². The zero-order valence-corrected chi connectivity index (χ0v) is 30.5. The minimum Gasteiger partial charge on any atom is -0.279 e. The van der Waals surface area contributed by atoms with Gasteiger partial charge in [-0.3, -0.25) is 8.97 Å². The average Bonchev–Trinajstić information content (AvgIpc) is 3.86. The van der Waals surface area contributed by atoms with E-state index in [1.807, 2.05) is 0 Å². The standard InChI is InChI=1S/C51H34N4/c1-51(2)42-28-32(22-25-37(42)38-26-24-34(29-43(38)51)36-17-11-13-31-12-3-4-14-35(31)36)33-23-27-40-39-15-6-9-20-46(39)54(48(40)30-33)50-53-44-18-7-5-16-41(44)49-52-45-19-8-10-21-47(45)55(49)50/h3-30H,1-2H3. The summed E-state index contributed by atoms with van der Waals surface area (Å²) in [6.07, 6.45) is 0. The third-order valence-corrected chi connectivity index (χ3v) is 12.1. The molecule has 0 atom stereocenters. The molecule has 3 aromatic heterocycles. The Labute approximate surface area is 317 Å².